The number of amides is 1. The molecule has 0 bridgehead atoms. The molecule has 2 saturated heterocycles. The molecule has 2 aliphatic rings. The van der Waals surface area contributed by atoms with Gasteiger partial charge in [-0.2, -0.15) is 4.98 Å². The van der Waals surface area contributed by atoms with E-state index >= 15 is 0 Å². The number of aromatic nitrogens is 3. The molecule has 0 aliphatic carbocycles. The van der Waals surface area contributed by atoms with Crippen molar-refractivity contribution in [1.82, 2.24) is 25.2 Å². The van der Waals surface area contributed by atoms with Crippen LogP contribution in [0.5, 0.6) is 6.01 Å². The fraction of sp³-hybridized carbons (Fsp3) is 0.435. The van der Waals surface area contributed by atoms with Gasteiger partial charge in [0.1, 0.15) is 11.4 Å². The lowest BCUT2D eigenvalue weighted by atomic mass is 9.84. The number of aryl methyl sites for hydroxylation is 1. The van der Waals surface area contributed by atoms with Crippen LogP contribution in [0.3, 0.4) is 0 Å². The van der Waals surface area contributed by atoms with Gasteiger partial charge in [0.15, 0.2) is 0 Å². The summed E-state index contributed by atoms with van der Waals surface area (Å²) < 4.78 is 5.22. The molecule has 0 atom stereocenters. The van der Waals surface area contributed by atoms with Crippen molar-refractivity contribution in [2.45, 2.75) is 31.8 Å². The maximum absolute atomic E-state index is 13.6. The number of piperazine rings is 1. The second-order valence-corrected chi connectivity index (χ2v) is 8.44. The van der Waals surface area contributed by atoms with E-state index in [0.29, 0.717) is 12.6 Å². The van der Waals surface area contributed by atoms with Crippen LogP contribution in [0.2, 0.25) is 0 Å². The Labute approximate surface area is 181 Å². The molecule has 31 heavy (non-hydrogen) atoms. The fourth-order valence-corrected chi connectivity index (χ4v) is 4.82. The molecule has 0 radical (unpaired) electrons. The maximum Gasteiger partial charge on any atom is 0.318 e. The van der Waals surface area contributed by atoms with Crippen LogP contribution in [0.4, 0.5) is 5.82 Å². The number of carbonyl (C=O) groups excluding carboxylic acids is 1. The van der Waals surface area contributed by atoms with Crippen molar-refractivity contribution in [3.05, 3.63) is 47.8 Å². The highest BCUT2D eigenvalue weighted by molar-refractivity contribution is 5.89. The monoisotopic (exact) mass is 420 g/mol. The summed E-state index contributed by atoms with van der Waals surface area (Å²) in [5, 5.41) is 4.74. The van der Waals surface area contributed by atoms with Crippen molar-refractivity contribution in [3.63, 3.8) is 0 Å². The van der Waals surface area contributed by atoms with Crippen LogP contribution < -0.4 is 15.0 Å². The topological polar surface area (TPSA) is 86.4 Å². The summed E-state index contributed by atoms with van der Waals surface area (Å²) in [5.41, 5.74) is 2.66. The van der Waals surface area contributed by atoms with Gasteiger partial charge in [-0.15, -0.1) is 0 Å². The first-order chi connectivity index (χ1) is 15.1. The van der Waals surface area contributed by atoms with Crippen LogP contribution in [0, 0.1) is 6.92 Å². The number of nitrogens with zero attached hydrogens (tertiary/aromatic N) is 4. The van der Waals surface area contributed by atoms with Gasteiger partial charge in [-0.3, -0.25) is 4.79 Å². The average molecular weight is 421 g/mol. The van der Waals surface area contributed by atoms with E-state index in [9.17, 15) is 4.79 Å². The summed E-state index contributed by atoms with van der Waals surface area (Å²) in [7, 11) is 1.58. The molecule has 3 aromatic rings. The Balaban J connectivity index is 1.31. The quantitative estimate of drug-likeness (QED) is 0.673. The number of rotatable bonds is 4. The Morgan fingerprint density at radius 3 is 2.77 bits per heavy atom. The number of fused-ring (bicyclic) bond motifs is 1. The zero-order valence-electron chi connectivity index (χ0n) is 18.0. The van der Waals surface area contributed by atoms with Crippen molar-refractivity contribution >= 4 is 22.6 Å². The molecule has 2 aromatic heterocycles. The first-order valence-electron chi connectivity index (χ1n) is 10.8. The third-order valence-electron chi connectivity index (χ3n) is 6.52. The van der Waals surface area contributed by atoms with Gasteiger partial charge in [0.05, 0.1) is 7.11 Å². The minimum absolute atomic E-state index is 0.208. The molecule has 2 fully saturated rings. The van der Waals surface area contributed by atoms with Crippen LogP contribution in [-0.2, 0) is 11.3 Å². The highest BCUT2D eigenvalue weighted by Gasteiger charge is 2.45. The number of ether oxygens (including phenoxy) is 1. The smallest absolute Gasteiger partial charge is 0.318 e. The molecule has 0 saturated carbocycles. The largest absolute Gasteiger partial charge is 0.467 e. The number of para-hydroxylation sites is 1. The number of hydrogen-bond acceptors (Lipinski definition) is 6. The predicted molar refractivity (Wildman–Crippen MR) is 119 cm³/mol. The Hall–Kier alpha value is -3.13. The molecule has 4 heterocycles. The van der Waals surface area contributed by atoms with Crippen LogP contribution in [-0.4, -0.2) is 64.6 Å². The molecule has 8 heteroatoms. The van der Waals surface area contributed by atoms with Gasteiger partial charge in [-0.1, -0.05) is 18.2 Å². The highest BCUT2D eigenvalue weighted by Crippen LogP contribution is 2.31. The molecule has 2 aliphatic heterocycles. The lowest BCUT2D eigenvalue weighted by Gasteiger charge is -2.47. The zero-order chi connectivity index (χ0) is 21.4. The van der Waals surface area contributed by atoms with Gasteiger partial charge < -0.3 is 24.8 Å². The molecular weight excluding hydrogens is 392 g/mol. The third-order valence-corrected chi connectivity index (χ3v) is 6.52. The van der Waals surface area contributed by atoms with E-state index in [1.54, 1.807) is 7.11 Å². The van der Waals surface area contributed by atoms with E-state index in [1.807, 2.05) is 36.2 Å². The van der Waals surface area contributed by atoms with Crippen molar-refractivity contribution in [3.8, 4) is 6.01 Å². The number of methoxy groups -OCH3 is 1. The van der Waals surface area contributed by atoms with Crippen molar-refractivity contribution in [2.75, 3.05) is 38.2 Å². The minimum atomic E-state index is -0.493. The fourth-order valence-electron chi connectivity index (χ4n) is 4.82. The summed E-state index contributed by atoms with van der Waals surface area (Å²) in [6, 6.07) is 10.6. The van der Waals surface area contributed by atoms with E-state index in [1.165, 1.54) is 10.9 Å². The lowest BCUT2D eigenvalue weighted by molar-refractivity contribution is -0.143. The maximum atomic E-state index is 13.6. The van der Waals surface area contributed by atoms with Gasteiger partial charge in [0, 0.05) is 61.6 Å². The molecule has 0 unspecified atom stereocenters. The van der Waals surface area contributed by atoms with Crippen LogP contribution in [0.25, 0.3) is 10.9 Å². The summed E-state index contributed by atoms with van der Waals surface area (Å²) in [6.07, 6.45) is 3.53. The second kappa shape index (κ2) is 7.85. The number of anilines is 1. The van der Waals surface area contributed by atoms with Gasteiger partial charge in [0.25, 0.3) is 0 Å². The molecule has 8 nitrogen and oxygen atoms in total. The first kappa shape index (κ1) is 19.8. The lowest BCUT2D eigenvalue weighted by Crippen LogP contribution is -2.67. The predicted octanol–water partition coefficient (Wildman–Crippen LogP) is 2.25. The third kappa shape index (κ3) is 3.61. The Morgan fingerprint density at radius 1 is 1.16 bits per heavy atom. The van der Waals surface area contributed by atoms with Crippen molar-refractivity contribution in [1.29, 1.82) is 0 Å². The SMILES string of the molecule is COc1nc(C)cc(N2CCC3(CC2)NCCN(Cc2c[nH]c4ccccc24)C3=O)n1. The molecule has 1 amide bonds. The first-order valence-corrected chi connectivity index (χ1v) is 10.8. The van der Waals surface area contributed by atoms with Crippen molar-refractivity contribution in [2.24, 2.45) is 0 Å². The number of hydrogen-bond donors (Lipinski definition) is 2. The standard InChI is InChI=1S/C23H28N6O2/c1-16-13-20(27-22(26-16)31-2)28-10-7-23(8-11-28)21(30)29(12-9-25-23)15-17-14-24-19-6-4-3-5-18(17)19/h3-6,13-14,24-25H,7-12,15H2,1-2H3. The van der Waals surface area contributed by atoms with E-state index < -0.39 is 5.54 Å². The minimum Gasteiger partial charge on any atom is -0.467 e. The normalized spacial score (nSPS) is 18.7. The second-order valence-electron chi connectivity index (χ2n) is 8.44. The molecule has 5 rings (SSSR count). The van der Waals surface area contributed by atoms with Crippen LogP contribution >= 0.6 is 0 Å². The van der Waals surface area contributed by atoms with E-state index in [2.05, 4.69) is 37.3 Å². The Kier molecular flexibility index (Phi) is 5.02. The van der Waals surface area contributed by atoms with E-state index in [4.69, 9.17) is 4.74 Å². The van der Waals surface area contributed by atoms with Crippen LogP contribution in [0.15, 0.2) is 36.5 Å². The van der Waals surface area contributed by atoms with Gasteiger partial charge in [-0.25, -0.2) is 4.98 Å². The van der Waals surface area contributed by atoms with Crippen LogP contribution in [0.1, 0.15) is 24.1 Å². The average Bonchev–Trinajstić information content (AvgIpc) is 3.20. The summed E-state index contributed by atoms with van der Waals surface area (Å²) in [5.74, 6) is 1.07. The summed E-state index contributed by atoms with van der Waals surface area (Å²) >= 11 is 0. The molecule has 1 aromatic carbocycles. The molecule has 162 valence electrons. The Morgan fingerprint density at radius 2 is 1.97 bits per heavy atom. The summed E-state index contributed by atoms with van der Waals surface area (Å²) in [4.78, 5) is 29.9. The number of nitrogens with one attached hydrogen (secondary N) is 2. The van der Waals surface area contributed by atoms with E-state index in [0.717, 1.165) is 56.0 Å². The van der Waals surface area contributed by atoms with Gasteiger partial charge in [0.2, 0.25) is 5.91 Å². The number of benzene rings is 1. The molecule has 1 spiro atoms. The highest BCUT2D eigenvalue weighted by atomic mass is 16.5. The zero-order valence-corrected chi connectivity index (χ0v) is 18.0. The van der Waals surface area contributed by atoms with Gasteiger partial charge in [-0.05, 0) is 31.4 Å². The Bertz CT molecular complexity index is 1100. The number of H-pyrrole nitrogens is 1. The van der Waals surface area contributed by atoms with E-state index in [-0.39, 0.29) is 5.91 Å². The molecule has 2 N–H and O–H groups in total. The molecular formula is C23H28N6O2. The number of carbonyl (C=O) groups is 1. The number of aromatic amines is 1. The number of piperidine rings is 1. The summed E-state index contributed by atoms with van der Waals surface area (Å²) in [6.45, 7) is 5.64. The van der Waals surface area contributed by atoms with Gasteiger partial charge >= 0.3 is 6.01 Å². The van der Waals surface area contributed by atoms with Crippen molar-refractivity contribution < 1.29 is 9.53 Å².